The number of hydrogen-bond donors (Lipinski definition) is 1. The van der Waals surface area contributed by atoms with Gasteiger partial charge >= 0.3 is 0 Å². The lowest BCUT2D eigenvalue weighted by Crippen LogP contribution is -2.30. The van der Waals surface area contributed by atoms with Crippen molar-refractivity contribution in [1.82, 2.24) is 5.32 Å². The summed E-state index contributed by atoms with van der Waals surface area (Å²) in [6, 6.07) is 0. The first kappa shape index (κ1) is 21.2. The summed E-state index contributed by atoms with van der Waals surface area (Å²) in [5, 5.41) is 2.54. The van der Waals surface area contributed by atoms with Gasteiger partial charge in [-0.25, -0.2) is 0 Å². The normalized spacial score (nSPS) is 10.3. The van der Waals surface area contributed by atoms with Crippen molar-refractivity contribution in [2.75, 3.05) is 18.1 Å². The molecule has 22 heavy (non-hydrogen) atoms. The Hall–Kier alpha value is -0.820. The first-order chi connectivity index (χ1) is 10.5. The number of Topliss-reactive ketones (excluding diaryl/α,β-unsaturated/α-hetero) is 3. The summed E-state index contributed by atoms with van der Waals surface area (Å²) >= 11 is 0. The van der Waals surface area contributed by atoms with Gasteiger partial charge in [-0.1, -0.05) is 28.5 Å². The predicted octanol–water partition coefficient (Wildman–Crippen LogP) is 2.57. The van der Waals surface area contributed by atoms with E-state index in [0.717, 1.165) is 24.3 Å². The number of hydrogen-bond acceptors (Lipinski definition) is 6. The second kappa shape index (κ2) is 13.8. The number of carbonyl (C=O) groups is 4. The van der Waals surface area contributed by atoms with Crippen LogP contribution in [0.1, 0.15) is 52.4 Å². The first-order valence-electron chi connectivity index (χ1n) is 7.49. The summed E-state index contributed by atoms with van der Waals surface area (Å²) in [4.78, 5) is 44.7. The van der Waals surface area contributed by atoms with Crippen molar-refractivity contribution in [2.24, 2.45) is 0 Å². The molecule has 0 saturated heterocycles. The van der Waals surface area contributed by atoms with Crippen LogP contribution in [-0.4, -0.2) is 41.3 Å². The SMILES string of the molecule is CCC(=O)CC(=O)CNC(=O)CCCSSCCCC(C)=O. The van der Waals surface area contributed by atoms with E-state index in [1.807, 2.05) is 0 Å². The van der Waals surface area contributed by atoms with Crippen molar-refractivity contribution in [1.29, 1.82) is 0 Å². The van der Waals surface area contributed by atoms with Crippen molar-refractivity contribution in [3.63, 3.8) is 0 Å². The van der Waals surface area contributed by atoms with Gasteiger partial charge < -0.3 is 10.1 Å². The van der Waals surface area contributed by atoms with Crippen molar-refractivity contribution < 1.29 is 19.2 Å². The van der Waals surface area contributed by atoms with Crippen molar-refractivity contribution in [3.8, 4) is 0 Å². The minimum Gasteiger partial charge on any atom is -0.349 e. The van der Waals surface area contributed by atoms with Gasteiger partial charge in [0.2, 0.25) is 5.91 Å². The molecule has 7 heteroatoms. The average molecular weight is 348 g/mol. The molecule has 0 fully saturated rings. The molecule has 0 saturated carbocycles. The van der Waals surface area contributed by atoms with Crippen molar-refractivity contribution in [3.05, 3.63) is 0 Å². The Balaban J connectivity index is 3.44. The van der Waals surface area contributed by atoms with E-state index in [1.165, 1.54) is 0 Å². The van der Waals surface area contributed by atoms with Gasteiger partial charge in [-0.15, -0.1) is 0 Å². The monoisotopic (exact) mass is 347 g/mol. The van der Waals surface area contributed by atoms with Crippen LogP contribution in [0.5, 0.6) is 0 Å². The molecular weight excluding hydrogens is 322 g/mol. The third-order valence-corrected chi connectivity index (χ3v) is 5.32. The molecule has 0 rings (SSSR count). The van der Waals surface area contributed by atoms with E-state index in [1.54, 1.807) is 35.4 Å². The predicted molar refractivity (Wildman–Crippen MR) is 92.0 cm³/mol. The van der Waals surface area contributed by atoms with E-state index in [9.17, 15) is 19.2 Å². The quantitative estimate of drug-likeness (QED) is 0.295. The smallest absolute Gasteiger partial charge is 0.220 e. The molecule has 0 heterocycles. The Bertz CT molecular complexity index is 386. The molecule has 0 aliphatic heterocycles. The van der Waals surface area contributed by atoms with Gasteiger partial charge in [0.15, 0.2) is 5.78 Å². The van der Waals surface area contributed by atoms with E-state index in [0.29, 0.717) is 19.3 Å². The van der Waals surface area contributed by atoms with Gasteiger partial charge in [0.25, 0.3) is 0 Å². The van der Waals surface area contributed by atoms with Crippen LogP contribution in [0.3, 0.4) is 0 Å². The summed E-state index contributed by atoms with van der Waals surface area (Å²) < 4.78 is 0. The second-order valence-corrected chi connectivity index (χ2v) is 7.64. The Morgan fingerprint density at radius 1 is 0.909 bits per heavy atom. The fourth-order valence-corrected chi connectivity index (χ4v) is 3.66. The van der Waals surface area contributed by atoms with Gasteiger partial charge in [-0.2, -0.15) is 0 Å². The van der Waals surface area contributed by atoms with Crippen LogP contribution in [0.15, 0.2) is 0 Å². The van der Waals surface area contributed by atoms with Gasteiger partial charge in [0.05, 0.1) is 13.0 Å². The Kier molecular flexibility index (Phi) is 13.3. The molecule has 126 valence electrons. The van der Waals surface area contributed by atoms with Crippen LogP contribution in [0.2, 0.25) is 0 Å². The van der Waals surface area contributed by atoms with Gasteiger partial charge in [0, 0.05) is 30.8 Å². The number of amides is 1. The highest BCUT2D eigenvalue weighted by Gasteiger charge is 2.09. The van der Waals surface area contributed by atoms with Crippen LogP contribution in [0, 0.1) is 0 Å². The molecule has 0 aliphatic carbocycles. The second-order valence-electron chi connectivity index (χ2n) is 4.94. The zero-order valence-electron chi connectivity index (χ0n) is 13.3. The molecule has 0 bridgehead atoms. The largest absolute Gasteiger partial charge is 0.349 e. The minimum atomic E-state index is -0.240. The maximum atomic E-state index is 11.5. The highest BCUT2D eigenvalue weighted by atomic mass is 33.1. The number of carbonyl (C=O) groups excluding carboxylic acids is 4. The molecule has 0 aliphatic rings. The van der Waals surface area contributed by atoms with E-state index < -0.39 is 0 Å². The Morgan fingerprint density at radius 2 is 1.50 bits per heavy atom. The molecule has 0 unspecified atom stereocenters. The fourth-order valence-electron chi connectivity index (χ4n) is 1.48. The number of nitrogens with one attached hydrogen (secondary N) is 1. The summed E-state index contributed by atoms with van der Waals surface area (Å²) in [6.45, 7) is 3.25. The summed E-state index contributed by atoms with van der Waals surface area (Å²) in [5.74, 6) is 1.53. The van der Waals surface area contributed by atoms with E-state index in [2.05, 4.69) is 5.32 Å². The molecule has 0 aromatic rings. The van der Waals surface area contributed by atoms with Crippen molar-refractivity contribution >= 4 is 44.8 Å². The van der Waals surface area contributed by atoms with Crippen molar-refractivity contribution in [2.45, 2.75) is 52.4 Å². The van der Waals surface area contributed by atoms with E-state index in [4.69, 9.17) is 0 Å². The van der Waals surface area contributed by atoms with Crippen LogP contribution in [-0.2, 0) is 19.2 Å². The maximum Gasteiger partial charge on any atom is 0.220 e. The summed E-state index contributed by atoms with van der Waals surface area (Å²) in [7, 11) is 3.41. The molecule has 1 amide bonds. The zero-order chi connectivity index (χ0) is 16.8. The molecular formula is C15H25NO4S2. The van der Waals surface area contributed by atoms with Crippen LogP contribution in [0.25, 0.3) is 0 Å². The highest BCUT2D eigenvalue weighted by molar-refractivity contribution is 8.76. The summed E-state index contributed by atoms with van der Waals surface area (Å²) in [5.41, 5.74) is 0. The molecule has 0 aromatic heterocycles. The zero-order valence-corrected chi connectivity index (χ0v) is 14.9. The maximum absolute atomic E-state index is 11.5. The first-order valence-corrected chi connectivity index (χ1v) is 9.98. The Morgan fingerprint density at radius 3 is 2.05 bits per heavy atom. The topological polar surface area (TPSA) is 80.3 Å². The number of rotatable bonds is 14. The van der Waals surface area contributed by atoms with Gasteiger partial charge in [-0.05, 0) is 19.8 Å². The summed E-state index contributed by atoms with van der Waals surface area (Å²) in [6.07, 6.45) is 2.91. The molecule has 1 N–H and O–H groups in total. The lowest BCUT2D eigenvalue weighted by Gasteiger charge is -2.04. The highest BCUT2D eigenvalue weighted by Crippen LogP contribution is 2.23. The van der Waals surface area contributed by atoms with Crippen LogP contribution >= 0.6 is 21.6 Å². The van der Waals surface area contributed by atoms with E-state index >= 15 is 0 Å². The van der Waals surface area contributed by atoms with Crippen LogP contribution in [0.4, 0.5) is 0 Å². The molecule has 0 radical (unpaired) electrons. The van der Waals surface area contributed by atoms with Crippen LogP contribution < -0.4 is 5.32 Å². The third kappa shape index (κ3) is 14.1. The lowest BCUT2D eigenvalue weighted by atomic mass is 10.1. The average Bonchev–Trinajstić information content (AvgIpc) is 2.47. The molecule has 0 atom stereocenters. The van der Waals surface area contributed by atoms with Gasteiger partial charge in [0.1, 0.15) is 11.6 Å². The van der Waals surface area contributed by atoms with Gasteiger partial charge in [-0.3, -0.25) is 14.4 Å². The lowest BCUT2D eigenvalue weighted by molar-refractivity contribution is -0.129. The molecule has 5 nitrogen and oxygen atoms in total. The fraction of sp³-hybridized carbons (Fsp3) is 0.733. The molecule has 0 aromatic carbocycles. The molecule has 0 spiro atoms. The minimum absolute atomic E-state index is 0.0580. The standard InChI is InChI=1S/C15H25NO4S2/c1-3-13(18)10-14(19)11-16-15(20)7-5-9-22-21-8-4-6-12(2)17/h3-11H2,1-2H3,(H,16,20). The Labute approximate surface area is 140 Å². The number of ketones is 3. The van der Waals surface area contributed by atoms with E-state index in [-0.39, 0.29) is 36.2 Å². The third-order valence-electron chi connectivity index (χ3n) is 2.74.